The molecular formula is C23H15ClO4. The average molecular weight is 391 g/mol. The van der Waals surface area contributed by atoms with E-state index in [1.165, 1.54) is 6.07 Å². The van der Waals surface area contributed by atoms with Crippen LogP contribution in [-0.2, 0) is 0 Å². The van der Waals surface area contributed by atoms with E-state index in [1.54, 1.807) is 48.5 Å². The number of esters is 1. The predicted molar refractivity (Wildman–Crippen MR) is 107 cm³/mol. The van der Waals surface area contributed by atoms with Crippen molar-refractivity contribution in [3.05, 3.63) is 99.8 Å². The number of ketones is 1. The van der Waals surface area contributed by atoms with E-state index in [2.05, 4.69) is 0 Å². The van der Waals surface area contributed by atoms with Gasteiger partial charge in [0.25, 0.3) is 0 Å². The van der Waals surface area contributed by atoms with Gasteiger partial charge in [0.2, 0.25) is 5.78 Å². The van der Waals surface area contributed by atoms with Crippen molar-refractivity contribution in [2.45, 2.75) is 6.92 Å². The van der Waals surface area contributed by atoms with Gasteiger partial charge in [-0.25, -0.2) is 4.79 Å². The second kappa shape index (κ2) is 7.33. The quantitative estimate of drug-likeness (QED) is 0.337. The number of fused-ring (bicyclic) bond motifs is 1. The first-order valence-electron chi connectivity index (χ1n) is 8.62. The van der Waals surface area contributed by atoms with E-state index in [0.29, 0.717) is 27.6 Å². The highest BCUT2D eigenvalue weighted by molar-refractivity contribution is 6.30. The lowest BCUT2D eigenvalue weighted by atomic mass is 10.1. The summed E-state index contributed by atoms with van der Waals surface area (Å²) >= 11 is 5.98. The minimum atomic E-state index is -0.473. The summed E-state index contributed by atoms with van der Waals surface area (Å²) in [7, 11) is 0. The van der Waals surface area contributed by atoms with Gasteiger partial charge in [0.05, 0.1) is 11.1 Å². The lowest BCUT2D eigenvalue weighted by molar-refractivity contribution is 0.0734. The van der Waals surface area contributed by atoms with Crippen molar-refractivity contribution in [3.63, 3.8) is 0 Å². The van der Waals surface area contributed by atoms with Gasteiger partial charge >= 0.3 is 5.97 Å². The first kappa shape index (κ1) is 18.0. The molecule has 0 bridgehead atoms. The molecule has 0 fully saturated rings. The zero-order valence-corrected chi connectivity index (χ0v) is 15.7. The van der Waals surface area contributed by atoms with Crippen LogP contribution in [0.2, 0.25) is 5.02 Å². The molecule has 0 atom stereocenters. The molecule has 0 saturated carbocycles. The monoisotopic (exact) mass is 390 g/mol. The molecule has 3 aromatic carbocycles. The van der Waals surface area contributed by atoms with E-state index in [9.17, 15) is 9.59 Å². The van der Waals surface area contributed by atoms with Crippen LogP contribution in [0.1, 0.15) is 31.8 Å². The van der Waals surface area contributed by atoms with E-state index in [-0.39, 0.29) is 11.5 Å². The van der Waals surface area contributed by atoms with Gasteiger partial charge in [-0.2, -0.15) is 0 Å². The van der Waals surface area contributed by atoms with E-state index in [1.807, 2.05) is 25.1 Å². The third-order valence-corrected chi connectivity index (χ3v) is 4.52. The smallest absolute Gasteiger partial charge is 0.343 e. The van der Waals surface area contributed by atoms with Crippen molar-refractivity contribution in [3.8, 4) is 11.5 Å². The van der Waals surface area contributed by atoms with Crippen molar-refractivity contribution in [2.75, 3.05) is 0 Å². The maximum Gasteiger partial charge on any atom is 0.343 e. The molecule has 1 aliphatic rings. The Morgan fingerprint density at radius 1 is 1.04 bits per heavy atom. The Morgan fingerprint density at radius 2 is 1.82 bits per heavy atom. The molecule has 0 radical (unpaired) electrons. The lowest BCUT2D eigenvalue weighted by Crippen LogP contribution is -2.08. The van der Waals surface area contributed by atoms with E-state index >= 15 is 0 Å². The normalized spacial score (nSPS) is 13.9. The number of hydrogen-bond acceptors (Lipinski definition) is 4. The van der Waals surface area contributed by atoms with Gasteiger partial charge in [-0.3, -0.25) is 4.79 Å². The number of Topliss-reactive ketones (excluding diaryl/α,β-unsaturated/α-hetero) is 1. The van der Waals surface area contributed by atoms with Crippen LogP contribution in [0.25, 0.3) is 6.08 Å². The second-order valence-corrected chi connectivity index (χ2v) is 6.84. The van der Waals surface area contributed by atoms with Crippen LogP contribution in [-0.4, -0.2) is 11.8 Å². The van der Waals surface area contributed by atoms with Crippen molar-refractivity contribution in [1.29, 1.82) is 0 Å². The molecule has 0 aliphatic carbocycles. The number of allylic oxidation sites excluding steroid dienone is 1. The molecule has 4 rings (SSSR count). The van der Waals surface area contributed by atoms with Crippen LogP contribution >= 0.6 is 11.6 Å². The summed E-state index contributed by atoms with van der Waals surface area (Å²) in [6.45, 7) is 1.94. The maximum absolute atomic E-state index is 12.5. The highest BCUT2D eigenvalue weighted by Crippen LogP contribution is 2.35. The van der Waals surface area contributed by atoms with Gasteiger partial charge in [-0.1, -0.05) is 41.4 Å². The SMILES string of the molecule is Cc1ccc(C(=O)Oc2ccc3c(c2)OC(=Cc2cccc(Cl)c2)C3=O)cc1. The molecule has 4 nitrogen and oxygen atoms in total. The average Bonchev–Trinajstić information content (AvgIpc) is 2.97. The van der Waals surface area contributed by atoms with Gasteiger partial charge in [0.15, 0.2) is 5.76 Å². The summed E-state index contributed by atoms with van der Waals surface area (Å²) in [5.74, 6) is 0.151. The summed E-state index contributed by atoms with van der Waals surface area (Å²) in [5, 5.41) is 0.572. The number of halogens is 1. The van der Waals surface area contributed by atoms with Crippen LogP contribution in [0, 0.1) is 6.92 Å². The van der Waals surface area contributed by atoms with Crippen LogP contribution in [0.3, 0.4) is 0 Å². The number of hydrogen-bond donors (Lipinski definition) is 0. The Morgan fingerprint density at radius 3 is 2.57 bits per heavy atom. The molecule has 0 amide bonds. The second-order valence-electron chi connectivity index (χ2n) is 6.41. The molecule has 0 spiro atoms. The Balaban J connectivity index is 1.55. The molecule has 3 aromatic rings. The first-order valence-corrected chi connectivity index (χ1v) is 9.00. The van der Waals surface area contributed by atoms with Gasteiger partial charge < -0.3 is 9.47 Å². The van der Waals surface area contributed by atoms with Crippen molar-refractivity contribution >= 4 is 29.4 Å². The highest BCUT2D eigenvalue weighted by Gasteiger charge is 2.28. The Kier molecular flexibility index (Phi) is 4.72. The number of carbonyl (C=O) groups is 2. The number of benzene rings is 3. The van der Waals surface area contributed by atoms with Crippen molar-refractivity contribution in [1.82, 2.24) is 0 Å². The molecule has 1 aliphatic heterocycles. The molecule has 138 valence electrons. The lowest BCUT2D eigenvalue weighted by Gasteiger charge is -2.06. The molecule has 28 heavy (non-hydrogen) atoms. The van der Waals surface area contributed by atoms with Crippen LogP contribution in [0.15, 0.2) is 72.5 Å². The van der Waals surface area contributed by atoms with E-state index in [4.69, 9.17) is 21.1 Å². The summed E-state index contributed by atoms with van der Waals surface area (Å²) in [6.07, 6.45) is 1.63. The highest BCUT2D eigenvalue weighted by atomic mass is 35.5. The number of aryl methyl sites for hydroxylation is 1. The summed E-state index contributed by atoms with van der Waals surface area (Å²) in [5.41, 5.74) is 2.68. The van der Waals surface area contributed by atoms with Crippen LogP contribution < -0.4 is 9.47 Å². The van der Waals surface area contributed by atoms with Gasteiger partial charge in [-0.15, -0.1) is 0 Å². The van der Waals surface area contributed by atoms with Crippen LogP contribution in [0.4, 0.5) is 0 Å². The first-order chi connectivity index (χ1) is 13.5. The standard InChI is InChI=1S/C23H15ClO4/c1-14-5-7-16(8-6-14)23(26)27-18-9-10-19-20(13-18)28-21(22(19)25)12-15-3-2-4-17(24)11-15/h2-13H,1H3. The maximum atomic E-state index is 12.5. The van der Waals surface area contributed by atoms with Crippen molar-refractivity contribution in [2.24, 2.45) is 0 Å². The van der Waals surface area contributed by atoms with Crippen molar-refractivity contribution < 1.29 is 19.1 Å². The van der Waals surface area contributed by atoms with Gasteiger partial charge in [-0.05, 0) is 55.0 Å². The van der Waals surface area contributed by atoms with E-state index in [0.717, 1.165) is 11.1 Å². The topological polar surface area (TPSA) is 52.6 Å². The molecule has 0 aromatic heterocycles. The largest absolute Gasteiger partial charge is 0.452 e. The fourth-order valence-corrected chi connectivity index (χ4v) is 3.03. The third-order valence-electron chi connectivity index (χ3n) is 4.29. The minimum absolute atomic E-state index is 0.194. The zero-order chi connectivity index (χ0) is 19.7. The van der Waals surface area contributed by atoms with Crippen LogP contribution in [0.5, 0.6) is 11.5 Å². The zero-order valence-electron chi connectivity index (χ0n) is 14.9. The van der Waals surface area contributed by atoms with E-state index < -0.39 is 5.97 Å². The fourth-order valence-electron chi connectivity index (χ4n) is 2.83. The molecule has 0 N–H and O–H groups in total. The third kappa shape index (κ3) is 3.68. The molecule has 5 heteroatoms. The number of carbonyl (C=O) groups excluding carboxylic acids is 2. The summed E-state index contributed by atoms with van der Waals surface area (Å²) in [6, 6.07) is 18.9. The Labute approximate surface area is 167 Å². The predicted octanol–water partition coefficient (Wildman–Crippen LogP) is 5.48. The molecule has 0 saturated heterocycles. The Bertz CT molecular complexity index is 1110. The van der Waals surface area contributed by atoms with Gasteiger partial charge in [0, 0.05) is 11.1 Å². The molecule has 1 heterocycles. The molecular weight excluding hydrogens is 376 g/mol. The fraction of sp³-hybridized carbons (Fsp3) is 0.0435. The van der Waals surface area contributed by atoms with Gasteiger partial charge in [0.1, 0.15) is 11.5 Å². The molecule has 0 unspecified atom stereocenters. The number of rotatable bonds is 3. The summed E-state index contributed by atoms with van der Waals surface area (Å²) < 4.78 is 11.1. The summed E-state index contributed by atoms with van der Waals surface area (Å²) in [4.78, 5) is 24.8. The number of ether oxygens (including phenoxy) is 2. The Hall–Kier alpha value is -3.37. The minimum Gasteiger partial charge on any atom is -0.452 e.